The van der Waals surface area contributed by atoms with Gasteiger partial charge in [0.1, 0.15) is 17.5 Å². The van der Waals surface area contributed by atoms with Gasteiger partial charge >= 0.3 is 0 Å². The zero-order valence-corrected chi connectivity index (χ0v) is 19.9. The lowest BCUT2D eigenvalue weighted by molar-refractivity contribution is -0.133. The Kier molecular flexibility index (Phi) is 7.75. The predicted molar refractivity (Wildman–Crippen MR) is 125 cm³/mol. The number of carbonyl (C=O) groups excluding carboxylic acids is 2. The number of carbonyl (C=O) groups is 2. The predicted octanol–water partition coefficient (Wildman–Crippen LogP) is 6.70. The topological polar surface area (TPSA) is 34.1 Å². The van der Waals surface area contributed by atoms with Crippen LogP contribution in [-0.4, -0.2) is 17.3 Å². The van der Waals surface area contributed by atoms with Crippen LogP contribution in [0.1, 0.15) is 61.3 Å². The maximum absolute atomic E-state index is 13.1. The summed E-state index contributed by atoms with van der Waals surface area (Å²) in [6.45, 7) is 6.31. The molecular formula is C25H29BrO2S. The lowest BCUT2D eigenvalue weighted by Gasteiger charge is -2.29. The molecule has 1 aliphatic carbocycles. The molecule has 0 heterocycles. The first-order valence-electron chi connectivity index (χ1n) is 10.5. The quantitative estimate of drug-likeness (QED) is 0.332. The summed E-state index contributed by atoms with van der Waals surface area (Å²) in [6.07, 6.45) is 3.66. The molecule has 2 nitrogen and oxygen atoms in total. The highest BCUT2D eigenvalue weighted by Gasteiger charge is 2.38. The molecule has 29 heavy (non-hydrogen) atoms. The van der Waals surface area contributed by atoms with E-state index in [0.29, 0.717) is 12.8 Å². The molecule has 0 saturated heterocycles. The number of Topliss-reactive ketones (excluding diaryl/α,β-unsaturated/α-hetero) is 2. The monoisotopic (exact) mass is 472 g/mol. The largest absolute Gasteiger partial charge is 0.299 e. The number of thioether (sulfide) groups is 1. The summed E-state index contributed by atoms with van der Waals surface area (Å²) in [5, 5.41) is 0. The minimum absolute atomic E-state index is 0.118. The fourth-order valence-electron chi connectivity index (χ4n) is 4.39. The van der Waals surface area contributed by atoms with Crippen LogP contribution >= 0.6 is 27.7 Å². The van der Waals surface area contributed by atoms with Crippen molar-refractivity contribution in [2.75, 3.05) is 5.75 Å². The molecule has 1 aliphatic rings. The second kappa shape index (κ2) is 10.1. The van der Waals surface area contributed by atoms with Crippen LogP contribution in [0.2, 0.25) is 0 Å². The molecule has 0 aromatic heterocycles. The van der Waals surface area contributed by atoms with Gasteiger partial charge in [-0.05, 0) is 72.7 Å². The van der Waals surface area contributed by atoms with Crippen molar-refractivity contribution in [1.82, 2.24) is 0 Å². The first-order valence-corrected chi connectivity index (χ1v) is 12.3. The molecule has 1 saturated carbocycles. The number of benzene rings is 2. The highest BCUT2D eigenvalue weighted by molar-refractivity contribution is 9.10. The molecule has 2 aromatic rings. The highest BCUT2D eigenvalue weighted by Crippen LogP contribution is 2.37. The molecule has 0 unspecified atom stereocenters. The molecule has 0 spiro atoms. The van der Waals surface area contributed by atoms with Gasteiger partial charge in [0.05, 0.1) is 0 Å². The minimum Gasteiger partial charge on any atom is -0.299 e. The van der Waals surface area contributed by atoms with Crippen LogP contribution in [0.3, 0.4) is 0 Å². The van der Waals surface area contributed by atoms with Gasteiger partial charge in [0, 0.05) is 22.2 Å². The summed E-state index contributed by atoms with van der Waals surface area (Å²) in [5.41, 5.74) is 4.55. The maximum atomic E-state index is 13.1. The number of rotatable bonds is 7. The van der Waals surface area contributed by atoms with Crippen molar-refractivity contribution in [3.63, 3.8) is 0 Å². The van der Waals surface area contributed by atoms with Crippen molar-refractivity contribution >= 4 is 39.3 Å². The van der Waals surface area contributed by atoms with Gasteiger partial charge in [-0.15, -0.1) is 11.8 Å². The Bertz CT molecular complexity index is 862. The third-order valence-electron chi connectivity index (χ3n) is 5.76. The van der Waals surface area contributed by atoms with E-state index in [1.54, 1.807) is 11.8 Å². The molecule has 0 bridgehead atoms. The van der Waals surface area contributed by atoms with Crippen LogP contribution in [0.4, 0.5) is 0 Å². The summed E-state index contributed by atoms with van der Waals surface area (Å²) in [5.74, 6) is 0.789. The van der Waals surface area contributed by atoms with Crippen LogP contribution in [-0.2, 0) is 22.4 Å². The normalized spacial score (nSPS) is 19.6. The third kappa shape index (κ3) is 5.40. The maximum Gasteiger partial charge on any atom is 0.148 e. The molecule has 3 rings (SSSR count). The molecule has 0 amide bonds. The van der Waals surface area contributed by atoms with E-state index in [9.17, 15) is 9.59 Å². The molecule has 2 aromatic carbocycles. The summed E-state index contributed by atoms with van der Waals surface area (Å²) >= 11 is 5.29. The van der Waals surface area contributed by atoms with E-state index in [0.717, 1.165) is 46.2 Å². The van der Waals surface area contributed by atoms with E-state index < -0.39 is 5.92 Å². The zero-order valence-electron chi connectivity index (χ0n) is 17.5. The lowest BCUT2D eigenvalue weighted by atomic mass is 9.73. The van der Waals surface area contributed by atoms with Gasteiger partial charge in [0.15, 0.2) is 0 Å². The standard InChI is InChI=1S/C25H29BrO2S/c1-4-18-11-16(3)12-19(5-2)24(18)25-22(27)13-17(14-23(25)28)9-10-29-21-8-6-7-20(26)15-21/h6-8,11-12,15,17,25H,4-5,9-10,13-14H2,1-3H3. The molecule has 0 N–H and O–H groups in total. The Balaban J connectivity index is 1.69. The van der Waals surface area contributed by atoms with Gasteiger partial charge in [-0.1, -0.05) is 53.5 Å². The summed E-state index contributed by atoms with van der Waals surface area (Å²) in [6, 6.07) is 12.5. The molecule has 154 valence electrons. The van der Waals surface area contributed by atoms with Crippen molar-refractivity contribution in [3.8, 4) is 0 Å². The van der Waals surface area contributed by atoms with Crippen molar-refractivity contribution < 1.29 is 9.59 Å². The first kappa shape index (κ1) is 22.3. The van der Waals surface area contributed by atoms with Crippen LogP contribution in [0.25, 0.3) is 0 Å². The van der Waals surface area contributed by atoms with Gasteiger partial charge in [0.2, 0.25) is 0 Å². The van der Waals surface area contributed by atoms with Crippen molar-refractivity contribution in [3.05, 3.63) is 63.1 Å². The van der Waals surface area contributed by atoms with Gasteiger partial charge < -0.3 is 0 Å². The smallest absolute Gasteiger partial charge is 0.148 e. The summed E-state index contributed by atoms with van der Waals surface area (Å²) in [4.78, 5) is 27.4. The number of ketones is 2. The SMILES string of the molecule is CCc1cc(C)cc(CC)c1C1C(=O)CC(CCSc2cccc(Br)c2)CC1=O. The average Bonchev–Trinajstić information content (AvgIpc) is 2.68. The minimum atomic E-state index is -0.547. The Morgan fingerprint density at radius 2 is 1.62 bits per heavy atom. The van der Waals surface area contributed by atoms with Crippen LogP contribution in [0.5, 0.6) is 0 Å². The van der Waals surface area contributed by atoms with Gasteiger partial charge in [-0.2, -0.15) is 0 Å². The second-order valence-corrected chi connectivity index (χ2v) is 10.0. The lowest BCUT2D eigenvalue weighted by Crippen LogP contribution is -2.33. The van der Waals surface area contributed by atoms with Gasteiger partial charge in [-0.3, -0.25) is 9.59 Å². The Morgan fingerprint density at radius 3 is 2.17 bits per heavy atom. The van der Waals surface area contributed by atoms with Crippen LogP contribution < -0.4 is 0 Å². The molecule has 0 aliphatic heterocycles. The van der Waals surface area contributed by atoms with Crippen LogP contribution in [0.15, 0.2) is 45.8 Å². The molecule has 0 radical (unpaired) electrons. The second-order valence-electron chi connectivity index (χ2n) is 7.94. The van der Waals surface area contributed by atoms with Crippen molar-refractivity contribution in [1.29, 1.82) is 0 Å². The zero-order chi connectivity index (χ0) is 21.0. The Morgan fingerprint density at radius 1 is 1.00 bits per heavy atom. The fraction of sp³-hybridized carbons (Fsp3) is 0.440. The first-order chi connectivity index (χ1) is 13.9. The fourth-order valence-corrected chi connectivity index (χ4v) is 6.01. The van der Waals surface area contributed by atoms with E-state index in [1.165, 1.54) is 10.5 Å². The number of hydrogen-bond donors (Lipinski definition) is 0. The van der Waals surface area contributed by atoms with Gasteiger partial charge in [0.25, 0.3) is 0 Å². The van der Waals surface area contributed by atoms with Crippen molar-refractivity contribution in [2.45, 2.75) is 63.7 Å². The number of aryl methyl sites for hydroxylation is 3. The van der Waals surface area contributed by atoms with E-state index in [1.807, 2.05) is 12.1 Å². The Labute approximate surface area is 187 Å². The number of halogens is 1. The molecular weight excluding hydrogens is 444 g/mol. The van der Waals surface area contributed by atoms with Crippen LogP contribution in [0, 0.1) is 12.8 Å². The number of hydrogen-bond acceptors (Lipinski definition) is 3. The summed E-state index contributed by atoms with van der Waals surface area (Å²) in [7, 11) is 0. The molecule has 0 atom stereocenters. The average molecular weight is 473 g/mol. The summed E-state index contributed by atoms with van der Waals surface area (Å²) < 4.78 is 1.07. The van der Waals surface area contributed by atoms with E-state index >= 15 is 0 Å². The van der Waals surface area contributed by atoms with E-state index in [2.05, 4.69) is 61.0 Å². The van der Waals surface area contributed by atoms with E-state index in [-0.39, 0.29) is 17.5 Å². The molecule has 4 heteroatoms. The van der Waals surface area contributed by atoms with Crippen molar-refractivity contribution in [2.24, 2.45) is 5.92 Å². The molecule has 1 fully saturated rings. The highest BCUT2D eigenvalue weighted by atomic mass is 79.9. The Hall–Kier alpha value is -1.39. The van der Waals surface area contributed by atoms with Gasteiger partial charge in [-0.25, -0.2) is 0 Å². The third-order valence-corrected chi connectivity index (χ3v) is 7.28. The van der Waals surface area contributed by atoms with E-state index in [4.69, 9.17) is 0 Å².